The summed E-state index contributed by atoms with van der Waals surface area (Å²) in [5.41, 5.74) is 4.70. The first-order valence-corrected chi connectivity index (χ1v) is 12.5. The first-order valence-electron chi connectivity index (χ1n) is 11.7. The third-order valence-corrected chi connectivity index (χ3v) is 6.84. The quantitative estimate of drug-likeness (QED) is 0.545. The molecule has 0 saturated carbocycles. The Balaban J connectivity index is 1.29. The molecule has 0 bridgehead atoms. The molecule has 0 saturated heterocycles. The van der Waals surface area contributed by atoms with Gasteiger partial charge in [0.15, 0.2) is 5.17 Å². The summed E-state index contributed by atoms with van der Waals surface area (Å²) in [4.78, 5) is 32.9. The standard InChI is InChI=1S/C28H27N3O3S/c1-28(2,3)34-26(33)21-10-8-18(9-11-21)19-12-14-22(15-13-19)30-25(32)24-23(20-6-4-7-20)31-17-5-16-29-27(31)35-24/h4,6-15H,5,16-17H2,1-3H3,(H,30,32). The molecule has 6 nitrogen and oxygen atoms in total. The SMILES string of the molecule is CC(C)(C)OC(=O)c1ccc(-c2ccc(NC(=O)C3=C(C4=CC=C4)N4CCCN=C4S3)cc2)cc1. The lowest BCUT2D eigenvalue weighted by molar-refractivity contribution is -0.112. The Labute approximate surface area is 209 Å². The lowest BCUT2D eigenvalue weighted by atomic mass is 10.0. The number of benzene rings is 2. The molecule has 1 N–H and O–H groups in total. The van der Waals surface area contributed by atoms with E-state index >= 15 is 0 Å². The van der Waals surface area contributed by atoms with Crippen LogP contribution in [-0.4, -0.2) is 40.6 Å². The number of hydrogen-bond acceptors (Lipinski definition) is 6. The Morgan fingerprint density at radius 3 is 2.29 bits per heavy atom. The van der Waals surface area contributed by atoms with Gasteiger partial charge in [0.05, 0.1) is 11.3 Å². The van der Waals surface area contributed by atoms with Crippen LogP contribution in [0.4, 0.5) is 5.69 Å². The second-order valence-electron chi connectivity index (χ2n) is 9.54. The summed E-state index contributed by atoms with van der Waals surface area (Å²) in [7, 11) is 0. The van der Waals surface area contributed by atoms with E-state index in [1.165, 1.54) is 11.8 Å². The van der Waals surface area contributed by atoms with Crippen LogP contribution in [0.5, 0.6) is 0 Å². The molecule has 2 aliphatic heterocycles. The normalized spacial score (nSPS) is 16.8. The molecule has 1 aliphatic carbocycles. The molecular weight excluding hydrogens is 458 g/mol. The molecule has 178 valence electrons. The van der Waals surface area contributed by atoms with Crippen molar-refractivity contribution in [1.29, 1.82) is 0 Å². The van der Waals surface area contributed by atoms with Gasteiger partial charge in [-0.2, -0.15) is 0 Å². The van der Waals surface area contributed by atoms with Gasteiger partial charge in [0.25, 0.3) is 5.91 Å². The predicted octanol–water partition coefficient (Wildman–Crippen LogP) is 5.76. The lowest BCUT2D eigenvalue weighted by Crippen LogP contribution is -2.30. The van der Waals surface area contributed by atoms with Gasteiger partial charge in [-0.15, -0.1) is 0 Å². The minimum Gasteiger partial charge on any atom is -0.456 e. The number of aliphatic imine (C=N–C) groups is 1. The summed E-state index contributed by atoms with van der Waals surface area (Å²) in [5.74, 6) is -0.464. The molecule has 0 fully saturated rings. The highest BCUT2D eigenvalue weighted by Crippen LogP contribution is 2.41. The van der Waals surface area contributed by atoms with Gasteiger partial charge in [0.1, 0.15) is 10.5 Å². The molecule has 0 spiro atoms. The predicted molar refractivity (Wildman–Crippen MR) is 141 cm³/mol. The summed E-state index contributed by atoms with van der Waals surface area (Å²) >= 11 is 1.45. The number of hydrogen-bond donors (Lipinski definition) is 1. The first-order chi connectivity index (χ1) is 16.8. The van der Waals surface area contributed by atoms with E-state index in [0.717, 1.165) is 52.8 Å². The van der Waals surface area contributed by atoms with Gasteiger partial charge in [-0.25, -0.2) is 4.79 Å². The molecule has 0 atom stereocenters. The Kier molecular flexibility index (Phi) is 6.11. The third kappa shape index (κ3) is 4.95. The van der Waals surface area contributed by atoms with E-state index < -0.39 is 5.60 Å². The summed E-state index contributed by atoms with van der Waals surface area (Å²) in [6.45, 7) is 7.23. The van der Waals surface area contributed by atoms with Crippen molar-refractivity contribution < 1.29 is 14.3 Å². The van der Waals surface area contributed by atoms with E-state index in [1.54, 1.807) is 12.1 Å². The number of allylic oxidation sites excluding steroid dienone is 3. The van der Waals surface area contributed by atoms with E-state index in [-0.39, 0.29) is 11.9 Å². The van der Waals surface area contributed by atoms with Gasteiger partial charge in [-0.05, 0) is 79.9 Å². The zero-order valence-electron chi connectivity index (χ0n) is 20.0. The van der Waals surface area contributed by atoms with Gasteiger partial charge in [-0.3, -0.25) is 9.79 Å². The maximum atomic E-state index is 13.2. The molecule has 2 heterocycles. The van der Waals surface area contributed by atoms with Gasteiger partial charge in [-0.1, -0.05) is 42.5 Å². The van der Waals surface area contributed by atoms with Crippen LogP contribution in [-0.2, 0) is 9.53 Å². The number of ether oxygens (including phenoxy) is 1. The van der Waals surface area contributed by atoms with E-state index in [2.05, 4.69) is 15.2 Å². The number of carbonyl (C=O) groups excluding carboxylic acids is 2. The fourth-order valence-electron chi connectivity index (χ4n) is 4.00. The molecule has 2 aromatic rings. The number of nitrogens with zero attached hydrogens (tertiary/aromatic N) is 2. The largest absolute Gasteiger partial charge is 0.456 e. The Morgan fingerprint density at radius 1 is 1.03 bits per heavy atom. The van der Waals surface area contributed by atoms with Crippen LogP contribution < -0.4 is 5.32 Å². The molecule has 3 aliphatic rings. The second kappa shape index (κ2) is 9.23. The molecule has 0 unspecified atom stereocenters. The van der Waals surface area contributed by atoms with Crippen LogP contribution in [0.15, 0.2) is 87.9 Å². The number of nitrogens with one attached hydrogen (secondary N) is 1. The van der Waals surface area contributed by atoms with Crippen LogP contribution in [0.25, 0.3) is 11.1 Å². The van der Waals surface area contributed by atoms with Crippen molar-refractivity contribution in [3.63, 3.8) is 0 Å². The molecule has 0 radical (unpaired) electrons. The van der Waals surface area contributed by atoms with Crippen LogP contribution in [0, 0.1) is 0 Å². The minimum absolute atomic E-state index is 0.127. The van der Waals surface area contributed by atoms with E-state index in [0.29, 0.717) is 10.5 Å². The number of amides is 1. The van der Waals surface area contributed by atoms with Gasteiger partial charge in [0.2, 0.25) is 0 Å². The fourth-order valence-corrected chi connectivity index (χ4v) is 5.10. The topological polar surface area (TPSA) is 71.0 Å². The molecule has 5 rings (SSSR count). The molecule has 35 heavy (non-hydrogen) atoms. The number of anilines is 1. The van der Waals surface area contributed by atoms with Crippen LogP contribution >= 0.6 is 11.8 Å². The Hall–Kier alpha value is -3.58. The molecule has 1 amide bonds. The number of thioether (sulfide) groups is 1. The van der Waals surface area contributed by atoms with Crippen molar-refractivity contribution >= 4 is 34.5 Å². The highest BCUT2D eigenvalue weighted by atomic mass is 32.2. The zero-order valence-corrected chi connectivity index (χ0v) is 20.8. The van der Waals surface area contributed by atoms with Gasteiger partial charge >= 0.3 is 5.97 Å². The van der Waals surface area contributed by atoms with E-state index in [1.807, 2.05) is 75.4 Å². The Bertz CT molecular complexity index is 1300. The molecule has 2 aromatic carbocycles. The highest BCUT2D eigenvalue weighted by molar-refractivity contribution is 8.18. The minimum atomic E-state index is -0.530. The summed E-state index contributed by atoms with van der Waals surface area (Å²) < 4.78 is 5.43. The van der Waals surface area contributed by atoms with Crippen molar-refractivity contribution in [2.45, 2.75) is 32.8 Å². The van der Waals surface area contributed by atoms with Crippen LogP contribution in [0.1, 0.15) is 37.6 Å². The van der Waals surface area contributed by atoms with E-state index in [9.17, 15) is 9.59 Å². The monoisotopic (exact) mass is 485 g/mol. The molecule has 7 heteroatoms. The number of rotatable bonds is 5. The number of fused-ring (bicyclic) bond motifs is 1. The maximum Gasteiger partial charge on any atom is 0.338 e. The van der Waals surface area contributed by atoms with Crippen LogP contribution in [0.2, 0.25) is 0 Å². The number of carbonyl (C=O) groups is 2. The second-order valence-corrected chi connectivity index (χ2v) is 10.5. The maximum absolute atomic E-state index is 13.2. The third-order valence-electron chi connectivity index (χ3n) is 5.72. The van der Waals surface area contributed by atoms with Crippen molar-refractivity contribution in [2.75, 3.05) is 18.4 Å². The van der Waals surface area contributed by atoms with Gasteiger partial charge in [0, 0.05) is 18.8 Å². The number of esters is 1. The van der Waals surface area contributed by atoms with Crippen LogP contribution in [0.3, 0.4) is 0 Å². The first kappa shape index (κ1) is 23.2. The Morgan fingerprint density at radius 2 is 1.69 bits per heavy atom. The molecular formula is C28H27N3O3S. The van der Waals surface area contributed by atoms with Gasteiger partial charge < -0.3 is 15.0 Å². The zero-order chi connectivity index (χ0) is 24.6. The van der Waals surface area contributed by atoms with Crippen molar-refractivity contribution in [1.82, 2.24) is 4.90 Å². The van der Waals surface area contributed by atoms with Crippen molar-refractivity contribution in [3.8, 4) is 11.1 Å². The smallest absolute Gasteiger partial charge is 0.338 e. The lowest BCUT2D eigenvalue weighted by Gasteiger charge is -2.26. The summed E-state index contributed by atoms with van der Waals surface area (Å²) in [6, 6.07) is 15.0. The summed E-state index contributed by atoms with van der Waals surface area (Å²) in [6.07, 6.45) is 7.03. The average Bonchev–Trinajstić information content (AvgIpc) is 3.17. The summed E-state index contributed by atoms with van der Waals surface area (Å²) in [5, 5.41) is 3.94. The van der Waals surface area contributed by atoms with Crippen molar-refractivity contribution in [3.05, 3.63) is 88.5 Å². The fraction of sp³-hybridized carbons (Fsp3) is 0.250. The van der Waals surface area contributed by atoms with Crippen molar-refractivity contribution in [2.24, 2.45) is 4.99 Å². The molecule has 0 aromatic heterocycles. The van der Waals surface area contributed by atoms with E-state index in [4.69, 9.17) is 4.74 Å². The number of amidine groups is 1. The highest BCUT2D eigenvalue weighted by Gasteiger charge is 2.36. The average molecular weight is 486 g/mol.